The predicted octanol–water partition coefficient (Wildman–Crippen LogP) is 2.65. The molecule has 2 aromatic heterocycles. The zero-order valence-corrected chi connectivity index (χ0v) is 14.8. The maximum atomic E-state index is 8.02. The Morgan fingerprint density at radius 3 is 2.72 bits per heavy atom. The lowest BCUT2D eigenvalue weighted by molar-refractivity contribution is 0.354. The van der Waals surface area contributed by atoms with E-state index in [9.17, 15) is 0 Å². The number of benzene rings is 1. The zero-order valence-electron chi connectivity index (χ0n) is 14.8. The fourth-order valence-electron chi connectivity index (χ4n) is 2.79. The van der Waals surface area contributed by atoms with Gasteiger partial charge in [0.1, 0.15) is 11.3 Å². The Kier molecular flexibility index (Phi) is 5.02. The Hall–Kier alpha value is -2.83. The number of nitrogens with zero attached hydrogens (tertiary/aromatic N) is 3. The third-order valence-electron chi connectivity index (χ3n) is 4.14. The van der Waals surface area contributed by atoms with Crippen LogP contribution in [0.4, 0.5) is 0 Å². The van der Waals surface area contributed by atoms with Gasteiger partial charge in [0.25, 0.3) is 0 Å². The van der Waals surface area contributed by atoms with Crippen molar-refractivity contribution >= 4 is 11.2 Å². The number of hydrogen-bond donors (Lipinski definition) is 2. The van der Waals surface area contributed by atoms with E-state index in [1.807, 2.05) is 22.8 Å². The minimum atomic E-state index is 0.216. The van der Waals surface area contributed by atoms with Crippen LogP contribution in [0.25, 0.3) is 11.2 Å². The number of H-pyrrole nitrogens is 1. The Morgan fingerprint density at radius 2 is 2.00 bits per heavy atom. The molecule has 25 heavy (non-hydrogen) atoms. The maximum absolute atomic E-state index is 8.02. The Bertz CT molecular complexity index is 929. The largest absolute Gasteiger partial charge is 0.493 e. The van der Waals surface area contributed by atoms with Gasteiger partial charge >= 0.3 is 0 Å². The molecule has 132 valence electrons. The third kappa shape index (κ3) is 3.50. The number of ether oxygens (including phenoxy) is 2. The highest BCUT2D eigenvalue weighted by Gasteiger charge is 2.11. The normalized spacial score (nSPS) is 11.0. The Morgan fingerprint density at radius 1 is 1.20 bits per heavy atom. The van der Waals surface area contributed by atoms with Crippen LogP contribution in [-0.2, 0) is 13.0 Å². The number of methoxy groups -OCH3 is 2. The van der Waals surface area contributed by atoms with Crippen LogP contribution in [0.1, 0.15) is 31.2 Å². The smallest absolute Gasteiger partial charge is 0.173 e. The highest BCUT2D eigenvalue weighted by molar-refractivity contribution is 5.69. The molecule has 0 bridgehead atoms. The molecule has 0 unspecified atom stereocenters. The van der Waals surface area contributed by atoms with Gasteiger partial charge in [-0.25, -0.2) is 9.97 Å². The summed E-state index contributed by atoms with van der Waals surface area (Å²) in [5, 5.41) is 8.02. The molecule has 7 nitrogen and oxygen atoms in total. The lowest BCUT2D eigenvalue weighted by Gasteiger charge is -2.08. The minimum absolute atomic E-state index is 0.216. The van der Waals surface area contributed by atoms with E-state index in [1.54, 1.807) is 20.5 Å². The third-order valence-corrected chi connectivity index (χ3v) is 4.14. The zero-order chi connectivity index (χ0) is 17.8. The van der Waals surface area contributed by atoms with Gasteiger partial charge in [0.15, 0.2) is 22.6 Å². The summed E-state index contributed by atoms with van der Waals surface area (Å²) < 4.78 is 12.6. The van der Waals surface area contributed by atoms with E-state index < -0.39 is 0 Å². The summed E-state index contributed by atoms with van der Waals surface area (Å²) in [5.74, 6) is 2.19. The fraction of sp³-hybridized carbons (Fsp3) is 0.389. The van der Waals surface area contributed by atoms with Crippen molar-refractivity contribution in [3.63, 3.8) is 0 Å². The molecule has 2 N–H and O–H groups in total. The van der Waals surface area contributed by atoms with Gasteiger partial charge in [-0.3, -0.25) is 5.41 Å². The molecule has 0 aliphatic carbocycles. The number of imidazole rings is 1. The first kappa shape index (κ1) is 17.0. The summed E-state index contributed by atoms with van der Waals surface area (Å²) in [5.41, 5.74) is 2.73. The van der Waals surface area contributed by atoms with Gasteiger partial charge < -0.3 is 19.0 Å². The molecule has 0 fully saturated rings. The summed E-state index contributed by atoms with van der Waals surface area (Å²) in [4.78, 5) is 12.1. The predicted molar refractivity (Wildman–Crippen MR) is 95.0 cm³/mol. The number of aromatic amines is 1. The van der Waals surface area contributed by atoms with Gasteiger partial charge in [-0.15, -0.1) is 0 Å². The summed E-state index contributed by atoms with van der Waals surface area (Å²) in [6, 6.07) is 5.81. The average Bonchev–Trinajstić information content (AvgIpc) is 3.05. The fourth-order valence-corrected chi connectivity index (χ4v) is 2.79. The van der Waals surface area contributed by atoms with E-state index in [4.69, 9.17) is 19.9 Å². The van der Waals surface area contributed by atoms with Crippen molar-refractivity contribution < 1.29 is 9.47 Å². The number of fused-ring (bicyclic) bond motifs is 1. The standard InChI is InChI=1S/C18H23N5O2/c1-4-5-8-23-11-20-17(19)16-18(23)22-15(21-16)10-12-6-7-13(24-2)14(9-12)25-3/h6-7,9,11,19H,4-5,8,10H2,1-3H3,(H,21,22). The molecule has 2 heterocycles. The van der Waals surface area contributed by atoms with Crippen LogP contribution in [0, 0.1) is 5.41 Å². The SMILES string of the molecule is CCCCn1cnc(=N)c2[nH]c(Cc3ccc(OC)c(OC)c3)nc21. The Labute approximate surface area is 146 Å². The van der Waals surface area contributed by atoms with Crippen molar-refractivity contribution in [2.75, 3.05) is 14.2 Å². The monoisotopic (exact) mass is 341 g/mol. The molecular weight excluding hydrogens is 318 g/mol. The van der Waals surface area contributed by atoms with E-state index in [-0.39, 0.29) is 5.49 Å². The molecule has 0 aliphatic heterocycles. The number of nitrogens with one attached hydrogen (secondary N) is 2. The van der Waals surface area contributed by atoms with Gasteiger partial charge in [0.05, 0.1) is 20.5 Å². The molecule has 3 rings (SSSR count). The lowest BCUT2D eigenvalue weighted by Crippen LogP contribution is -2.12. The quantitative estimate of drug-likeness (QED) is 0.691. The number of unbranched alkanes of at least 4 members (excludes halogenated alkanes) is 1. The number of aryl methyl sites for hydroxylation is 1. The van der Waals surface area contributed by atoms with E-state index in [0.717, 1.165) is 36.4 Å². The maximum Gasteiger partial charge on any atom is 0.173 e. The molecule has 0 radical (unpaired) electrons. The summed E-state index contributed by atoms with van der Waals surface area (Å²) in [6.45, 7) is 3.00. The van der Waals surface area contributed by atoms with Crippen LogP contribution >= 0.6 is 0 Å². The van der Waals surface area contributed by atoms with E-state index in [2.05, 4.69) is 16.9 Å². The van der Waals surface area contributed by atoms with Crippen LogP contribution in [0.3, 0.4) is 0 Å². The van der Waals surface area contributed by atoms with E-state index in [1.165, 1.54) is 0 Å². The van der Waals surface area contributed by atoms with Crippen molar-refractivity contribution in [3.8, 4) is 11.5 Å². The van der Waals surface area contributed by atoms with Crippen LogP contribution < -0.4 is 15.0 Å². The lowest BCUT2D eigenvalue weighted by atomic mass is 10.1. The van der Waals surface area contributed by atoms with Gasteiger partial charge in [0.2, 0.25) is 0 Å². The second kappa shape index (κ2) is 7.38. The van der Waals surface area contributed by atoms with E-state index >= 15 is 0 Å². The highest BCUT2D eigenvalue weighted by Crippen LogP contribution is 2.28. The number of hydrogen-bond acceptors (Lipinski definition) is 5. The number of aromatic nitrogens is 4. The molecule has 0 aliphatic rings. The molecule has 0 atom stereocenters. The molecule has 0 saturated heterocycles. The average molecular weight is 341 g/mol. The molecule has 0 saturated carbocycles. The second-order valence-electron chi connectivity index (χ2n) is 5.89. The van der Waals surface area contributed by atoms with Gasteiger partial charge in [0, 0.05) is 13.0 Å². The molecular formula is C18H23N5O2. The van der Waals surface area contributed by atoms with Crippen molar-refractivity contribution in [2.45, 2.75) is 32.7 Å². The topological polar surface area (TPSA) is 88.8 Å². The second-order valence-corrected chi connectivity index (χ2v) is 5.89. The van der Waals surface area contributed by atoms with Crippen molar-refractivity contribution in [2.24, 2.45) is 0 Å². The molecule has 7 heteroatoms. The van der Waals surface area contributed by atoms with Gasteiger partial charge in [-0.1, -0.05) is 19.4 Å². The van der Waals surface area contributed by atoms with Crippen LogP contribution in [0.2, 0.25) is 0 Å². The van der Waals surface area contributed by atoms with Gasteiger partial charge in [-0.05, 0) is 24.1 Å². The molecule has 1 aromatic carbocycles. The summed E-state index contributed by atoms with van der Waals surface area (Å²) in [6.07, 6.45) is 4.46. The molecule has 3 aromatic rings. The summed E-state index contributed by atoms with van der Waals surface area (Å²) in [7, 11) is 3.24. The van der Waals surface area contributed by atoms with Crippen molar-refractivity contribution in [3.05, 3.63) is 41.4 Å². The van der Waals surface area contributed by atoms with Crippen LogP contribution in [0.5, 0.6) is 11.5 Å². The minimum Gasteiger partial charge on any atom is -0.493 e. The van der Waals surface area contributed by atoms with Crippen molar-refractivity contribution in [1.82, 2.24) is 19.5 Å². The molecule has 0 amide bonds. The first-order chi connectivity index (χ1) is 12.2. The Balaban J connectivity index is 1.94. The van der Waals surface area contributed by atoms with Crippen LogP contribution in [-0.4, -0.2) is 33.7 Å². The first-order valence-corrected chi connectivity index (χ1v) is 8.35. The number of rotatable bonds is 7. The summed E-state index contributed by atoms with van der Waals surface area (Å²) >= 11 is 0. The van der Waals surface area contributed by atoms with E-state index in [0.29, 0.717) is 23.4 Å². The van der Waals surface area contributed by atoms with Gasteiger partial charge in [-0.2, -0.15) is 0 Å². The van der Waals surface area contributed by atoms with Crippen molar-refractivity contribution in [1.29, 1.82) is 5.41 Å². The van der Waals surface area contributed by atoms with Crippen LogP contribution in [0.15, 0.2) is 24.5 Å². The highest BCUT2D eigenvalue weighted by atomic mass is 16.5. The molecule has 0 spiro atoms. The first-order valence-electron chi connectivity index (χ1n) is 8.35.